The molecule has 2 N–H and O–H groups in total. The lowest BCUT2D eigenvalue weighted by Crippen LogP contribution is -2.45. The van der Waals surface area contributed by atoms with E-state index in [0.717, 1.165) is 12.8 Å². The molecule has 4 nitrogen and oxygen atoms in total. The molecule has 1 heterocycles. The van der Waals surface area contributed by atoms with E-state index in [1.807, 2.05) is 6.26 Å². The molecule has 1 aromatic heterocycles. The van der Waals surface area contributed by atoms with Gasteiger partial charge in [0.2, 0.25) is 10.0 Å². The molecule has 0 aromatic carbocycles. The number of aliphatic hydroxyl groups is 1. The van der Waals surface area contributed by atoms with Crippen molar-refractivity contribution in [3.05, 3.63) is 16.3 Å². The minimum Gasteiger partial charge on any atom is -0.391 e. The van der Waals surface area contributed by atoms with E-state index in [1.54, 1.807) is 17.1 Å². The number of hydrogen-bond acceptors (Lipinski definition) is 5. The van der Waals surface area contributed by atoms with E-state index in [2.05, 4.69) is 4.72 Å². The molecular formula is C11H17NO3S3. The lowest BCUT2D eigenvalue weighted by Gasteiger charge is -2.40. The SMILES string of the molecule is CSC1(CNS(=O)(=O)c2csc(CO)c2)CCC1. The summed E-state index contributed by atoms with van der Waals surface area (Å²) in [5, 5.41) is 10.5. The third kappa shape index (κ3) is 2.91. The topological polar surface area (TPSA) is 66.4 Å². The third-order valence-electron chi connectivity index (χ3n) is 3.38. The normalized spacial score (nSPS) is 18.6. The van der Waals surface area contributed by atoms with Crippen LogP contribution in [-0.2, 0) is 16.6 Å². The second-order valence-corrected chi connectivity index (χ2v) is 8.51. The molecule has 0 unspecified atom stereocenters. The van der Waals surface area contributed by atoms with Gasteiger partial charge in [-0.1, -0.05) is 6.42 Å². The molecule has 1 saturated carbocycles. The number of nitrogens with one attached hydrogen (secondary N) is 1. The van der Waals surface area contributed by atoms with Crippen molar-refractivity contribution in [2.24, 2.45) is 0 Å². The van der Waals surface area contributed by atoms with E-state index >= 15 is 0 Å². The zero-order chi connectivity index (χ0) is 13.2. The van der Waals surface area contributed by atoms with Gasteiger partial charge in [-0.3, -0.25) is 0 Å². The maximum atomic E-state index is 12.1. The van der Waals surface area contributed by atoms with Crippen molar-refractivity contribution in [2.75, 3.05) is 12.8 Å². The van der Waals surface area contributed by atoms with E-state index in [9.17, 15) is 8.42 Å². The number of hydrogen-bond donors (Lipinski definition) is 2. The van der Waals surface area contributed by atoms with Gasteiger partial charge in [0.25, 0.3) is 0 Å². The average molecular weight is 307 g/mol. The van der Waals surface area contributed by atoms with Gasteiger partial charge in [-0.15, -0.1) is 11.3 Å². The van der Waals surface area contributed by atoms with Gasteiger partial charge in [-0.05, 0) is 25.2 Å². The molecule has 0 radical (unpaired) electrons. The molecule has 0 amide bonds. The van der Waals surface area contributed by atoms with E-state index < -0.39 is 10.0 Å². The first kappa shape index (κ1) is 14.3. The van der Waals surface area contributed by atoms with Crippen LogP contribution in [0.1, 0.15) is 24.1 Å². The minimum atomic E-state index is -3.43. The molecule has 2 rings (SSSR count). The predicted octanol–water partition coefficient (Wildman–Crippen LogP) is 1.80. The molecule has 0 aliphatic heterocycles. The number of thiophene rings is 1. The number of aliphatic hydroxyl groups excluding tert-OH is 1. The summed E-state index contributed by atoms with van der Waals surface area (Å²) in [6, 6.07) is 1.53. The predicted molar refractivity (Wildman–Crippen MR) is 75.5 cm³/mol. The van der Waals surface area contributed by atoms with Crippen LogP contribution in [0.3, 0.4) is 0 Å². The summed E-state index contributed by atoms with van der Waals surface area (Å²) in [5.74, 6) is 0. The Balaban J connectivity index is 2.03. The summed E-state index contributed by atoms with van der Waals surface area (Å²) in [6.45, 7) is 0.371. The number of sulfonamides is 1. The van der Waals surface area contributed by atoms with Crippen molar-refractivity contribution < 1.29 is 13.5 Å². The smallest absolute Gasteiger partial charge is 0.241 e. The molecule has 0 saturated heterocycles. The summed E-state index contributed by atoms with van der Waals surface area (Å²) >= 11 is 3.00. The van der Waals surface area contributed by atoms with Crippen LogP contribution >= 0.6 is 23.1 Å². The highest BCUT2D eigenvalue weighted by Gasteiger charge is 2.37. The molecule has 102 valence electrons. The zero-order valence-corrected chi connectivity index (χ0v) is 12.6. The monoisotopic (exact) mass is 307 g/mol. The van der Waals surface area contributed by atoms with Crippen LogP contribution in [0, 0.1) is 0 Å². The van der Waals surface area contributed by atoms with Crippen LogP contribution in [0.25, 0.3) is 0 Å². The largest absolute Gasteiger partial charge is 0.391 e. The summed E-state index contributed by atoms with van der Waals surface area (Å²) in [6.07, 6.45) is 5.35. The number of rotatable bonds is 6. The van der Waals surface area contributed by atoms with E-state index in [1.165, 1.54) is 23.8 Å². The van der Waals surface area contributed by atoms with Crippen molar-refractivity contribution >= 4 is 33.1 Å². The van der Waals surface area contributed by atoms with Crippen LogP contribution in [0.2, 0.25) is 0 Å². The fraction of sp³-hybridized carbons (Fsp3) is 0.636. The molecule has 0 bridgehead atoms. The van der Waals surface area contributed by atoms with Gasteiger partial charge in [0, 0.05) is 21.5 Å². The first-order valence-corrected chi connectivity index (χ1v) is 9.33. The molecule has 0 atom stereocenters. The van der Waals surface area contributed by atoms with E-state index in [4.69, 9.17) is 5.11 Å². The second-order valence-electron chi connectivity index (χ2n) is 4.47. The fourth-order valence-electron chi connectivity index (χ4n) is 1.92. The van der Waals surface area contributed by atoms with Crippen molar-refractivity contribution in [2.45, 2.75) is 35.5 Å². The Hall–Kier alpha value is -0.0800. The van der Waals surface area contributed by atoms with Crippen molar-refractivity contribution in [1.29, 1.82) is 0 Å². The second kappa shape index (κ2) is 5.50. The molecule has 7 heteroatoms. The Morgan fingerprint density at radius 2 is 2.28 bits per heavy atom. The molecule has 1 fully saturated rings. The Kier molecular flexibility index (Phi) is 4.38. The fourth-order valence-corrected chi connectivity index (χ4v) is 5.18. The molecular weight excluding hydrogens is 290 g/mol. The summed E-state index contributed by atoms with van der Waals surface area (Å²) in [5.41, 5.74) is 0. The van der Waals surface area contributed by atoms with Gasteiger partial charge in [-0.25, -0.2) is 13.1 Å². The van der Waals surface area contributed by atoms with Crippen LogP contribution in [-0.4, -0.2) is 31.1 Å². The Labute approximate surface area is 116 Å². The Bertz CT molecular complexity index is 500. The maximum Gasteiger partial charge on any atom is 0.241 e. The zero-order valence-electron chi connectivity index (χ0n) is 10.2. The van der Waals surface area contributed by atoms with Gasteiger partial charge in [0.15, 0.2) is 0 Å². The van der Waals surface area contributed by atoms with E-state index in [-0.39, 0.29) is 16.2 Å². The lowest BCUT2D eigenvalue weighted by molar-refractivity contribution is 0.285. The third-order valence-corrected chi connectivity index (χ3v) is 7.25. The average Bonchev–Trinajstić information content (AvgIpc) is 2.77. The first-order valence-electron chi connectivity index (χ1n) is 5.74. The lowest BCUT2D eigenvalue weighted by atomic mass is 9.84. The highest BCUT2D eigenvalue weighted by Crippen LogP contribution is 2.42. The molecule has 0 spiro atoms. The summed E-state index contributed by atoms with van der Waals surface area (Å²) in [7, 11) is -3.43. The minimum absolute atomic E-state index is 0.0862. The molecule has 1 aromatic rings. The van der Waals surface area contributed by atoms with Crippen LogP contribution in [0.4, 0.5) is 0 Å². The van der Waals surface area contributed by atoms with Gasteiger partial charge in [0.1, 0.15) is 0 Å². The molecule has 1 aliphatic rings. The Morgan fingerprint density at radius 3 is 2.72 bits per heavy atom. The van der Waals surface area contributed by atoms with Crippen molar-refractivity contribution in [3.8, 4) is 0 Å². The van der Waals surface area contributed by atoms with Crippen molar-refractivity contribution in [3.63, 3.8) is 0 Å². The maximum absolute atomic E-state index is 12.1. The quantitative estimate of drug-likeness (QED) is 0.841. The molecule has 1 aliphatic carbocycles. The standard InChI is InChI=1S/C11H17NO3S3/c1-16-11(3-2-4-11)8-12-18(14,15)10-5-9(6-13)17-7-10/h5,7,12-13H,2-4,6,8H2,1H3. The summed E-state index contributed by atoms with van der Waals surface area (Å²) in [4.78, 5) is 0.922. The van der Waals surface area contributed by atoms with Crippen LogP contribution in [0.5, 0.6) is 0 Å². The number of thioether (sulfide) groups is 1. The Morgan fingerprint density at radius 1 is 1.56 bits per heavy atom. The van der Waals surface area contributed by atoms with Crippen LogP contribution in [0.15, 0.2) is 16.3 Å². The van der Waals surface area contributed by atoms with Gasteiger partial charge in [-0.2, -0.15) is 11.8 Å². The summed E-state index contributed by atoms with van der Waals surface area (Å²) < 4.78 is 26.9. The van der Waals surface area contributed by atoms with Gasteiger partial charge in [0.05, 0.1) is 11.5 Å². The van der Waals surface area contributed by atoms with Crippen LogP contribution < -0.4 is 4.72 Å². The van der Waals surface area contributed by atoms with E-state index in [0.29, 0.717) is 11.4 Å². The van der Waals surface area contributed by atoms with Gasteiger partial charge < -0.3 is 5.11 Å². The highest BCUT2D eigenvalue weighted by atomic mass is 32.2. The highest BCUT2D eigenvalue weighted by molar-refractivity contribution is 8.00. The van der Waals surface area contributed by atoms with Crippen molar-refractivity contribution in [1.82, 2.24) is 4.72 Å². The first-order chi connectivity index (χ1) is 8.51. The van der Waals surface area contributed by atoms with Gasteiger partial charge >= 0.3 is 0 Å². The molecule has 18 heavy (non-hydrogen) atoms.